The van der Waals surface area contributed by atoms with E-state index in [4.69, 9.17) is 0 Å². The Bertz CT molecular complexity index is 416. The quantitative estimate of drug-likeness (QED) is 0.650. The number of hydrogen-bond donors (Lipinski definition) is 1. The molecular weight excluding hydrogens is 228 g/mol. The van der Waals surface area contributed by atoms with E-state index in [0.29, 0.717) is 12.0 Å². The van der Waals surface area contributed by atoms with Crippen LogP contribution in [-0.4, -0.2) is 11.0 Å². The van der Waals surface area contributed by atoms with Crippen molar-refractivity contribution in [3.8, 4) is 0 Å². The molecule has 1 aromatic rings. The van der Waals surface area contributed by atoms with Crippen molar-refractivity contribution in [2.45, 2.75) is 39.2 Å². The third-order valence-corrected chi connectivity index (χ3v) is 4.18. The van der Waals surface area contributed by atoms with E-state index < -0.39 is 0 Å². The van der Waals surface area contributed by atoms with Gasteiger partial charge in [-0.05, 0) is 36.8 Å². The second-order valence-corrected chi connectivity index (χ2v) is 5.16. The van der Waals surface area contributed by atoms with E-state index in [1.165, 1.54) is 19.3 Å². The molecule has 4 nitrogen and oxygen atoms in total. The van der Waals surface area contributed by atoms with Crippen molar-refractivity contribution in [2.24, 2.45) is 11.8 Å². The predicted octanol–water partition coefficient (Wildman–Crippen LogP) is 3.83. The predicted molar refractivity (Wildman–Crippen MR) is 72.7 cm³/mol. The molecule has 1 fully saturated rings. The van der Waals surface area contributed by atoms with Gasteiger partial charge >= 0.3 is 0 Å². The fourth-order valence-electron chi connectivity index (χ4n) is 2.92. The minimum absolute atomic E-state index is 0.145. The summed E-state index contributed by atoms with van der Waals surface area (Å²) in [5.74, 6) is 1.48. The zero-order valence-electron chi connectivity index (χ0n) is 10.9. The Labute approximate surface area is 108 Å². The van der Waals surface area contributed by atoms with E-state index in [0.717, 1.165) is 11.6 Å². The van der Waals surface area contributed by atoms with E-state index in [-0.39, 0.29) is 10.6 Å². The van der Waals surface area contributed by atoms with Crippen molar-refractivity contribution in [3.63, 3.8) is 0 Å². The number of benzene rings is 1. The van der Waals surface area contributed by atoms with Crippen LogP contribution in [0.4, 0.5) is 11.4 Å². The Morgan fingerprint density at radius 3 is 2.50 bits per heavy atom. The molecule has 2 rings (SSSR count). The number of nitro benzene ring substituents is 1. The van der Waals surface area contributed by atoms with Gasteiger partial charge in [0.05, 0.1) is 4.92 Å². The Balaban J connectivity index is 2.00. The summed E-state index contributed by atoms with van der Waals surface area (Å²) in [6.45, 7) is 4.54. The van der Waals surface area contributed by atoms with E-state index in [1.54, 1.807) is 24.3 Å². The fraction of sp³-hybridized carbons (Fsp3) is 0.571. The molecule has 3 atom stereocenters. The smallest absolute Gasteiger partial charge is 0.269 e. The van der Waals surface area contributed by atoms with Crippen molar-refractivity contribution in [1.82, 2.24) is 0 Å². The van der Waals surface area contributed by atoms with Crippen LogP contribution in [0.3, 0.4) is 0 Å². The fourth-order valence-corrected chi connectivity index (χ4v) is 2.92. The first-order valence-electron chi connectivity index (χ1n) is 6.62. The molecule has 0 bridgehead atoms. The minimum Gasteiger partial charge on any atom is -0.382 e. The third-order valence-electron chi connectivity index (χ3n) is 4.18. The average Bonchev–Trinajstić information content (AvgIpc) is 2.71. The van der Waals surface area contributed by atoms with Gasteiger partial charge in [0, 0.05) is 23.9 Å². The lowest BCUT2D eigenvalue weighted by atomic mass is 9.93. The molecule has 0 amide bonds. The lowest BCUT2D eigenvalue weighted by Crippen LogP contribution is -2.24. The van der Waals surface area contributed by atoms with Crippen molar-refractivity contribution in [2.75, 3.05) is 5.32 Å². The number of nitrogens with one attached hydrogen (secondary N) is 1. The molecule has 0 aliphatic heterocycles. The molecule has 0 spiro atoms. The molecule has 18 heavy (non-hydrogen) atoms. The summed E-state index contributed by atoms with van der Waals surface area (Å²) in [6, 6.07) is 7.20. The molecule has 1 aliphatic carbocycles. The average molecular weight is 248 g/mol. The van der Waals surface area contributed by atoms with Crippen LogP contribution in [0.2, 0.25) is 0 Å². The number of nitro groups is 1. The van der Waals surface area contributed by atoms with Crippen LogP contribution in [0, 0.1) is 22.0 Å². The standard InChI is InChI=1S/C14H20N2O2/c1-3-11-4-9-14(10(11)2)15-12-5-7-13(8-6-12)16(17)18/h5-8,10-11,14-15H,3-4,9H2,1-2H3. The van der Waals surface area contributed by atoms with E-state index in [9.17, 15) is 10.1 Å². The van der Waals surface area contributed by atoms with Gasteiger partial charge in [-0.2, -0.15) is 0 Å². The zero-order chi connectivity index (χ0) is 13.1. The molecule has 3 unspecified atom stereocenters. The zero-order valence-corrected chi connectivity index (χ0v) is 10.9. The summed E-state index contributed by atoms with van der Waals surface area (Å²) in [5, 5.41) is 14.1. The molecule has 0 radical (unpaired) electrons. The highest BCUT2D eigenvalue weighted by molar-refractivity contribution is 5.49. The highest BCUT2D eigenvalue weighted by Gasteiger charge is 2.31. The maximum absolute atomic E-state index is 10.6. The molecule has 1 saturated carbocycles. The van der Waals surface area contributed by atoms with Gasteiger partial charge in [-0.3, -0.25) is 10.1 Å². The summed E-state index contributed by atoms with van der Waals surface area (Å²) in [6.07, 6.45) is 3.71. The highest BCUT2D eigenvalue weighted by Crippen LogP contribution is 2.35. The van der Waals surface area contributed by atoms with Gasteiger partial charge in [-0.15, -0.1) is 0 Å². The first kappa shape index (κ1) is 12.9. The number of nitrogens with zero attached hydrogens (tertiary/aromatic N) is 1. The van der Waals surface area contributed by atoms with Crippen molar-refractivity contribution in [3.05, 3.63) is 34.4 Å². The van der Waals surface area contributed by atoms with E-state index in [2.05, 4.69) is 19.2 Å². The van der Waals surface area contributed by atoms with Crippen LogP contribution in [0.5, 0.6) is 0 Å². The van der Waals surface area contributed by atoms with Gasteiger partial charge in [0.25, 0.3) is 5.69 Å². The Hall–Kier alpha value is -1.58. The van der Waals surface area contributed by atoms with Gasteiger partial charge in [0.2, 0.25) is 0 Å². The molecule has 1 aromatic carbocycles. The molecule has 0 heterocycles. The van der Waals surface area contributed by atoms with E-state index >= 15 is 0 Å². The van der Waals surface area contributed by atoms with Crippen LogP contribution in [0.15, 0.2) is 24.3 Å². The molecule has 4 heteroatoms. The largest absolute Gasteiger partial charge is 0.382 e. The number of rotatable bonds is 4. The van der Waals surface area contributed by atoms with Crippen LogP contribution >= 0.6 is 0 Å². The van der Waals surface area contributed by atoms with Crippen LogP contribution in [0.1, 0.15) is 33.1 Å². The summed E-state index contributed by atoms with van der Waals surface area (Å²) in [4.78, 5) is 10.2. The molecule has 0 aromatic heterocycles. The second kappa shape index (κ2) is 5.38. The molecule has 1 aliphatic rings. The SMILES string of the molecule is CCC1CCC(Nc2ccc([N+](=O)[O-])cc2)C1C. The van der Waals surface area contributed by atoms with Crippen LogP contribution < -0.4 is 5.32 Å². The minimum atomic E-state index is -0.366. The maximum Gasteiger partial charge on any atom is 0.269 e. The number of anilines is 1. The van der Waals surface area contributed by atoms with Crippen LogP contribution in [-0.2, 0) is 0 Å². The first-order valence-corrected chi connectivity index (χ1v) is 6.62. The van der Waals surface area contributed by atoms with Gasteiger partial charge in [-0.25, -0.2) is 0 Å². The van der Waals surface area contributed by atoms with E-state index in [1.807, 2.05) is 0 Å². The normalized spacial score (nSPS) is 27.1. The summed E-state index contributed by atoms with van der Waals surface area (Å²) >= 11 is 0. The maximum atomic E-state index is 10.6. The lowest BCUT2D eigenvalue weighted by Gasteiger charge is -2.21. The summed E-state index contributed by atoms with van der Waals surface area (Å²) in [5.41, 5.74) is 1.13. The second-order valence-electron chi connectivity index (χ2n) is 5.16. The lowest BCUT2D eigenvalue weighted by molar-refractivity contribution is -0.384. The van der Waals surface area contributed by atoms with Gasteiger partial charge in [0.1, 0.15) is 0 Å². The Morgan fingerprint density at radius 1 is 1.33 bits per heavy atom. The molecular formula is C14H20N2O2. The highest BCUT2D eigenvalue weighted by atomic mass is 16.6. The first-order chi connectivity index (χ1) is 8.61. The number of non-ortho nitro benzene ring substituents is 1. The summed E-state index contributed by atoms with van der Waals surface area (Å²) < 4.78 is 0. The van der Waals surface area contributed by atoms with Crippen molar-refractivity contribution < 1.29 is 4.92 Å². The monoisotopic (exact) mass is 248 g/mol. The van der Waals surface area contributed by atoms with Crippen LogP contribution in [0.25, 0.3) is 0 Å². The molecule has 98 valence electrons. The van der Waals surface area contributed by atoms with Gasteiger partial charge in [-0.1, -0.05) is 20.3 Å². The number of hydrogen-bond acceptors (Lipinski definition) is 3. The summed E-state index contributed by atoms with van der Waals surface area (Å²) in [7, 11) is 0. The van der Waals surface area contributed by atoms with Gasteiger partial charge in [0.15, 0.2) is 0 Å². The van der Waals surface area contributed by atoms with Crippen molar-refractivity contribution >= 4 is 11.4 Å². The van der Waals surface area contributed by atoms with Crippen molar-refractivity contribution in [1.29, 1.82) is 0 Å². The Morgan fingerprint density at radius 2 is 2.00 bits per heavy atom. The Kier molecular flexibility index (Phi) is 3.84. The molecule has 1 N–H and O–H groups in total. The third kappa shape index (κ3) is 2.63. The van der Waals surface area contributed by atoms with Gasteiger partial charge < -0.3 is 5.32 Å². The topological polar surface area (TPSA) is 55.2 Å². The molecule has 0 saturated heterocycles.